The van der Waals surface area contributed by atoms with Gasteiger partial charge in [0.25, 0.3) is 0 Å². The molecule has 6 heteroatoms. The maximum atomic E-state index is 13.6. The Hall–Kier alpha value is -1.01. The molecule has 2 N–H and O–H groups in total. The van der Waals surface area contributed by atoms with E-state index in [0.29, 0.717) is 0 Å². The molecule has 0 aromatic heterocycles. The minimum absolute atomic E-state index is 0.0168. The Morgan fingerprint density at radius 1 is 1.33 bits per heavy atom. The van der Waals surface area contributed by atoms with Crippen molar-refractivity contribution in [1.82, 2.24) is 0 Å². The van der Waals surface area contributed by atoms with Crippen LogP contribution in [0.2, 0.25) is 0 Å². The largest absolute Gasteiger partial charge is 0.324 e. The maximum absolute atomic E-state index is 13.6. The molecule has 0 radical (unpaired) electrons. The standard InChI is InChI=1S/C9H11F2NO2S/c1-5(12)6-3-4-7(10)9(8(6)11)15(2,13)14/h3-5H,12H2,1-2H3. The molecule has 15 heavy (non-hydrogen) atoms. The van der Waals surface area contributed by atoms with Crippen molar-refractivity contribution in [2.45, 2.75) is 17.9 Å². The van der Waals surface area contributed by atoms with Gasteiger partial charge >= 0.3 is 0 Å². The molecule has 84 valence electrons. The zero-order chi connectivity index (χ0) is 11.8. The highest BCUT2D eigenvalue weighted by molar-refractivity contribution is 7.90. The molecule has 0 saturated carbocycles. The summed E-state index contributed by atoms with van der Waals surface area (Å²) in [6.07, 6.45) is 0.749. The fraction of sp³-hybridized carbons (Fsp3) is 0.333. The molecule has 1 rings (SSSR count). The van der Waals surface area contributed by atoms with Crippen molar-refractivity contribution in [3.05, 3.63) is 29.3 Å². The molecule has 0 spiro atoms. The molecule has 0 heterocycles. The number of benzene rings is 1. The molecule has 0 aliphatic carbocycles. The number of rotatable bonds is 2. The van der Waals surface area contributed by atoms with Gasteiger partial charge in [-0.3, -0.25) is 0 Å². The fourth-order valence-corrected chi connectivity index (χ4v) is 2.10. The van der Waals surface area contributed by atoms with Crippen molar-refractivity contribution in [2.24, 2.45) is 5.73 Å². The minimum Gasteiger partial charge on any atom is -0.324 e. The molecular formula is C9H11F2NO2S. The molecule has 3 nitrogen and oxygen atoms in total. The van der Waals surface area contributed by atoms with Crippen LogP contribution in [-0.4, -0.2) is 14.7 Å². The van der Waals surface area contributed by atoms with Gasteiger partial charge in [0, 0.05) is 17.9 Å². The Kier molecular flexibility index (Phi) is 3.11. The molecule has 0 aliphatic heterocycles. The normalized spacial score (nSPS) is 13.9. The zero-order valence-electron chi connectivity index (χ0n) is 8.29. The van der Waals surface area contributed by atoms with Crippen LogP contribution in [0.15, 0.2) is 17.0 Å². The number of sulfone groups is 1. The van der Waals surface area contributed by atoms with Crippen LogP contribution in [0, 0.1) is 11.6 Å². The van der Waals surface area contributed by atoms with Gasteiger partial charge in [-0.05, 0) is 13.0 Å². The van der Waals surface area contributed by atoms with Crippen LogP contribution < -0.4 is 5.73 Å². The van der Waals surface area contributed by atoms with Crippen LogP contribution in [-0.2, 0) is 9.84 Å². The summed E-state index contributed by atoms with van der Waals surface area (Å²) in [7, 11) is -3.93. The van der Waals surface area contributed by atoms with Gasteiger partial charge in [-0.25, -0.2) is 17.2 Å². The highest BCUT2D eigenvalue weighted by atomic mass is 32.2. The summed E-state index contributed by atoms with van der Waals surface area (Å²) in [6.45, 7) is 1.49. The number of halogens is 2. The quantitative estimate of drug-likeness (QED) is 0.842. The van der Waals surface area contributed by atoms with E-state index in [4.69, 9.17) is 5.73 Å². The van der Waals surface area contributed by atoms with E-state index in [9.17, 15) is 17.2 Å². The first-order chi connectivity index (χ1) is 6.75. The second-order valence-electron chi connectivity index (χ2n) is 3.34. The highest BCUT2D eigenvalue weighted by Gasteiger charge is 2.23. The van der Waals surface area contributed by atoms with Crippen molar-refractivity contribution in [1.29, 1.82) is 0 Å². The van der Waals surface area contributed by atoms with E-state index in [1.54, 1.807) is 0 Å². The number of hydrogen-bond acceptors (Lipinski definition) is 3. The van der Waals surface area contributed by atoms with Crippen molar-refractivity contribution < 1.29 is 17.2 Å². The van der Waals surface area contributed by atoms with Crippen LogP contribution in [0.25, 0.3) is 0 Å². The molecule has 1 unspecified atom stereocenters. The van der Waals surface area contributed by atoms with Crippen molar-refractivity contribution in [3.63, 3.8) is 0 Å². The summed E-state index contributed by atoms with van der Waals surface area (Å²) in [5.74, 6) is -2.20. The Labute approximate surface area is 86.8 Å². The minimum atomic E-state index is -3.93. The summed E-state index contributed by atoms with van der Waals surface area (Å²) in [5, 5.41) is 0. The molecule has 1 aromatic carbocycles. The summed E-state index contributed by atoms with van der Waals surface area (Å²) < 4.78 is 49.0. The average molecular weight is 235 g/mol. The van der Waals surface area contributed by atoms with Gasteiger partial charge in [-0.2, -0.15) is 0 Å². The maximum Gasteiger partial charge on any atom is 0.181 e. The lowest BCUT2D eigenvalue weighted by atomic mass is 10.1. The van der Waals surface area contributed by atoms with Crippen LogP contribution in [0.4, 0.5) is 8.78 Å². The first kappa shape index (κ1) is 12.1. The van der Waals surface area contributed by atoms with Gasteiger partial charge in [0.15, 0.2) is 9.84 Å². The predicted molar refractivity (Wildman–Crippen MR) is 52.1 cm³/mol. The molecule has 0 saturated heterocycles. The van der Waals surface area contributed by atoms with Gasteiger partial charge < -0.3 is 5.73 Å². The van der Waals surface area contributed by atoms with E-state index in [1.165, 1.54) is 6.92 Å². The summed E-state index contributed by atoms with van der Waals surface area (Å²) in [5.41, 5.74) is 5.40. The van der Waals surface area contributed by atoms with E-state index in [0.717, 1.165) is 18.4 Å². The molecule has 0 amide bonds. The van der Waals surface area contributed by atoms with Crippen molar-refractivity contribution in [2.75, 3.05) is 6.26 Å². The lowest BCUT2D eigenvalue weighted by molar-refractivity contribution is 0.507. The van der Waals surface area contributed by atoms with Gasteiger partial charge in [0.1, 0.15) is 16.5 Å². The third-order valence-electron chi connectivity index (χ3n) is 1.94. The average Bonchev–Trinajstić information content (AvgIpc) is 2.00. The molecule has 1 atom stereocenters. The number of hydrogen-bond donors (Lipinski definition) is 1. The highest BCUT2D eigenvalue weighted by Crippen LogP contribution is 2.24. The van der Waals surface area contributed by atoms with Gasteiger partial charge in [0.2, 0.25) is 0 Å². The summed E-state index contributed by atoms with van der Waals surface area (Å²) >= 11 is 0. The van der Waals surface area contributed by atoms with E-state index >= 15 is 0 Å². The lowest BCUT2D eigenvalue weighted by Gasteiger charge is -2.10. The predicted octanol–water partition coefficient (Wildman–Crippen LogP) is 1.39. The van der Waals surface area contributed by atoms with Crippen LogP contribution in [0.1, 0.15) is 18.5 Å². The monoisotopic (exact) mass is 235 g/mol. The van der Waals surface area contributed by atoms with Crippen LogP contribution >= 0.6 is 0 Å². The van der Waals surface area contributed by atoms with Gasteiger partial charge in [0.05, 0.1) is 0 Å². The Bertz CT molecular complexity index is 483. The van der Waals surface area contributed by atoms with Crippen molar-refractivity contribution >= 4 is 9.84 Å². The van der Waals surface area contributed by atoms with E-state index in [-0.39, 0.29) is 5.56 Å². The van der Waals surface area contributed by atoms with Gasteiger partial charge in [-0.1, -0.05) is 6.07 Å². The lowest BCUT2D eigenvalue weighted by Crippen LogP contribution is -2.12. The van der Waals surface area contributed by atoms with Crippen LogP contribution in [0.3, 0.4) is 0 Å². The second-order valence-corrected chi connectivity index (χ2v) is 5.29. The van der Waals surface area contributed by atoms with E-state index in [1.807, 2.05) is 0 Å². The molecule has 0 bridgehead atoms. The third kappa shape index (κ3) is 2.32. The zero-order valence-corrected chi connectivity index (χ0v) is 9.11. The Morgan fingerprint density at radius 2 is 1.87 bits per heavy atom. The van der Waals surface area contributed by atoms with E-state index in [2.05, 4.69) is 0 Å². The summed E-state index contributed by atoms with van der Waals surface area (Å²) in [6, 6.07) is 1.36. The Morgan fingerprint density at radius 3 is 2.27 bits per heavy atom. The topological polar surface area (TPSA) is 60.2 Å². The van der Waals surface area contributed by atoms with Crippen molar-refractivity contribution in [3.8, 4) is 0 Å². The smallest absolute Gasteiger partial charge is 0.181 e. The molecule has 0 aliphatic rings. The Balaban J connectivity index is 3.59. The van der Waals surface area contributed by atoms with Crippen LogP contribution in [0.5, 0.6) is 0 Å². The SMILES string of the molecule is CC(N)c1ccc(F)c(S(C)(=O)=O)c1F. The first-order valence-electron chi connectivity index (χ1n) is 4.18. The first-order valence-corrected chi connectivity index (χ1v) is 6.08. The number of nitrogens with two attached hydrogens (primary N) is 1. The molecular weight excluding hydrogens is 224 g/mol. The van der Waals surface area contributed by atoms with E-state index < -0.39 is 32.4 Å². The fourth-order valence-electron chi connectivity index (χ4n) is 1.24. The van der Waals surface area contributed by atoms with Gasteiger partial charge in [-0.15, -0.1) is 0 Å². The summed E-state index contributed by atoms with van der Waals surface area (Å²) in [4.78, 5) is -0.919. The third-order valence-corrected chi connectivity index (χ3v) is 3.06. The second kappa shape index (κ2) is 3.86. The molecule has 0 fully saturated rings. The molecule has 1 aromatic rings.